The van der Waals surface area contributed by atoms with Crippen LogP contribution < -0.4 is 0 Å². The first-order chi connectivity index (χ1) is 4.72. The normalized spacial score (nSPS) is 8.50. The van der Waals surface area contributed by atoms with Crippen molar-refractivity contribution in [2.45, 2.75) is 6.42 Å². The van der Waals surface area contributed by atoms with Crippen molar-refractivity contribution in [3.8, 4) is 0 Å². The van der Waals surface area contributed by atoms with E-state index in [1.807, 2.05) is 0 Å². The zero-order valence-corrected chi connectivity index (χ0v) is 6.36. The maximum atomic E-state index is 10.8. The molecule has 0 rings (SSSR count). The van der Waals surface area contributed by atoms with Gasteiger partial charge in [0.05, 0.1) is 6.26 Å². The standard InChI is InChI=1S/C7H9ClO2/c1-3-10-6(2)7(9)4-5-8/h3H,1-2,4-5H2. The Labute approximate surface area is 65.1 Å². The summed E-state index contributed by atoms with van der Waals surface area (Å²) in [4.78, 5) is 10.8. The molecule has 0 aliphatic heterocycles. The number of hydrogen-bond acceptors (Lipinski definition) is 2. The molecule has 0 aliphatic rings. The van der Waals surface area contributed by atoms with Crippen LogP contribution in [0.4, 0.5) is 0 Å². The van der Waals surface area contributed by atoms with Crippen LogP contribution in [-0.4, -0.2) is 11.7 Å². The number of ketones is 1. The van der Waals surface area contributed by atoms with E-state index in [0.717, 1.165) is 6.26 Å². The largest absolute Gasteiger partial charge is 0.463 e. The van der Waals surface area contributed by atoms with Gasteiger partial charge in [0.1, 0.15) is 0 Å². The molecule has 0 aromatic heterocycles. The minimum Gasteiger partial charge on any atom is -0.463 e. The van der Waals surface area contributed by atoms with Crippen LogP contribution in [-0.2, 0) is 9.53 Å². The quantitative estimate of drug-likeness (QED) is 0.349. The highest BCUT2D eigenvalue weighted by Crippen LogP contribution is 2.00. The minimum atomic E-state index is -0.185. The summed E-state index contributed by atoms with van der Waals surface area (Å²) < 4.78 is 4.62. The van der Waals surface area contributed by atoms with Crippen LogP contribution in [0.3, 0.4) is 0 Å². The molecule has 0 atom stereocenters. The SMILES string of the molecule is C=COC(=C)C(=O)CCCl. The van der Waals surface area contributed by atoms with Crippen molar-refractivity contribution in [3.05, 3.63) is 25.2 Å². The number of carbonyl (C=O) groups is 1. The molecule has 0 fully saturated rings. The maximum Gasteiger partial charge on any atom is 0.198 e. The third-order valence-electron chi connectivity index (χ3n) is 0.858. The van der Waals surface area contributed by atoms with Crippen molar-refractivity contribution >= 4 is 17.4 Å². The highest BCUT2D eigenvalue weighted by Gasteiger charge is 2.04. The Kier molecular flexibility index (Phi) is 4.67. The van der Waals surface area contributed by atoms with Crippen LogP contribution >= 0.6 is 11.6 Å². The molecule has 0 aliphatic carbocycles. The van der Waals surface area contributed by atoms with E-state index in [1.54, 1.807) is 0 Å². The molecular formula is C7H9ClO2. The Balaban J connectivity index is 3.70. The van der Waals surface area contributed by atoms with Crippen molar-refractivity contribution in [1.29, 1.82) is 0 Å². The summed E-state index contributed by atoms with van der Waals surface area (Å²) in [6.45, 7) is 6.64. The lowest BCUT2D eigenvalue weighted by Crippen LogP contribution is -2.02. The van der Waals surface area contributed by atoms with Crippen molar-refractivity contribution in [2.24, 2.45) is 0 Å². The molecule has 0 bridgehead atoms. The first-order valence-electron chi connectivity index (χ1n) is 2.78. The molecule has 3 heteroatoms. The van der Waals surface area contributed by atoms with Gasteiger partial charge in [-0.25, -0.2) is 0 Å². The highest BCUT2D eigenvalue weighted by molar-refractivity contribution is 6.19. The number of carbonyl (C=O) groups excluding carboxylic acids is 1. The molecule has 0 unspecified atom stereocenters. The van der Waals surface area contributed by atoms with Crippen LogP contribution in [0.2, 0.25) is 0 Å². The molecule has 56 valence electrons. The van der Waals surface area contributed by atoms with Crippen LogP contribution in [0.5, 0.6) is 0 Å². The molecular weight excluding hydrogens is 152 g/mol. The number of Topliss-reactive ketones (excluding diaryl/α,β-unsaturated/α-hetero) is 1. The number of rotatable bonds is 5. The predicted octanol–water partition coefficient (Wildman–Crippen LogP) is 1.86. The third kappa shape index (κ3) is 3.30. The Hall–Kier alpha value is -0.760. The Morgan fingerprint density at radius 1 is 1.70 bits per heavy atom. The van der Waals surface area contributed by atoms with Gasteiger partial charge in [-0.2, -0.15) is 0 Å². The molecule has 0 saturated heterocycles. The highest BCUT2D eigenvalue weighted by atomic mass is 35.5. The zero-order valence-electron chi connectivity index (χ0n) is 5.60. The second-order valence-electron chi connectivity index (χ2n) is 1.57. The molecule has 10 heavy (non-hydrogen) atoms. The maximum absolute atomic E-state index is 10.8. The van der Waals surface area contributed by atoms with Gasteiger partial charge in [0.15, 0.2) is 11.5 Å². The second kappa shape index (κ2) is 5.06. The van der Waals surface area contributed by atoms with Crippen LogP contribution in [0, 0.1) is 0 Å². The summed E-state index contributed by atoms with van der Waals surface area (Å²) in [7, 11) is 0. The number of allylic oxidation sites excluding steroid dienone is 1. The summed E-state index contributed by atoms with van der Waals surface area (Å²) >= 11 is 5.30. The van der Waals surface area contributed by atoms with Gasteiger partial charge >= 0.3 is 0 Å². The van der Waals surface area contributed by atoms with Crippen molar-refractivity contribution in [3.63, 3.8) is 0 Å². The van der Waals surface area contributed by atoms with Gasteiger partial charge in [-0.15, -0.1) is 11.6 Å². The minimum absolute atomic E-state index is 0.0932. The molecule has 0 saturated carbocycles. The molecule has 0 spiro atoms. The van der Waals surface area contributed by atoms with Crippen molar-refractivity contribution < 1.29 is 9.53 Å². The van der Waals surface area contributed by atoms with Gasteiger partial charge in [0.2, 0.25) is 0 Å². The number of ether oxygens (including phenoxy) is 1. The molecule has 0 heterocycles. The number of halogens is 1. The van der Waals surface area contributed by atoms with Crippen LogP contribution in [0.1, 0.15) is 6.42 Å². The average Bonchev–Trinajstić information content (AvgIpc) is 1.89. The topological polar surface area (TPSA) is 26.3 Å². The third-order valence-corrected chi connectivity index (χ3v) is 1.05. The molecule has 0 N–H and O–H groups in total. The monoisotopic (exact) mass is 160 g/mol. The van der Waals surface area contributed by atoms with Gasteiger partial charge in [0.25, 0.3) is 0 Å². The summed E-state index contributed by atoms with van der Waals surface area (Å²) in [5.74, 6) is 0.198. The predicted molar refractivity (Wildman–Crippen MR) is 40.8 cm³/mol. The lowest BCUT2D eigenvalue weighted by atomic mass is 10.3. The lowest BCUT2D eigenvalue weighted by molar-refractivity contribution is -0.117. The smallest absolute Gasteiger partial charge is 0.198 e. The average molecular weight is 161 g/mol. The first kappa shape index (κ1) is 9.24. The number of alkyl halides is 1. The fraction of sp³-hybridized carbons (Fsp3) is 0.286. The van der Waals surface area contributed by atoms with E-state index in [4.69, 9.17) is 11.6 Å². The van der Waals surface area contributed by atoms with E-state index in [1.165, 1.54) is 0 Å². The van der Waals surface area contributed by atoms with E-state index in [0.29, 0.717) is 5.88 Å². The first-order valence-corrected chi connectivity index (χ1v) is 3.31. The van der Waals surface area contributed by atoms with Gasteiger partial charge < -0.3 is 4.74 Å². The molecule has 0 aromatic carbocycles. The summed E-state index contributed by atoms with van der Waals surface area (Å²) in [6.07, 6.45) is 1.42. The summed E-state index contributed by atoms with van der Waals surface area (Å²) in [5.41, 5.74) is 0. The van der Waals surface area contributed by atoms with Gasteiger partial charge in [0, 0.05) is 12.3 Å². The van der Waals surface area contributed by atoms with Gasteiger partial charge in [-0.1, -0.05) is 13.2 Å². The molecule has 0 amide bonds. The molecule has 0 radical (unpaired) electrons. The van der Waals surface area contributed by atoms with E-state index >= 15 is 0 Å². The zero-order chi connectivity index (χ0) is 7.98. The van der Waals surface area contributed by atoms with Gasteiger partial charge in [-0.05, 0) is 0 Å². The van der Waals surface area contributed by atoms with Crippen molar-refractivity contribution in [1.82, 2.24) is 0 Å². The Morgan fingerprint density at radius 2 is 2.30 bits per heavy atom. The Morgan fingerprint density at radius 3 is 2.70 bits per heavy atom. The molecule has 2 nitrogen and oxygen atoms in total. The second-order valence-corrected chi connectivity index (χ2v) is 1.95. The van der Waals surface area contributed by atoms with Gasteiger partial charge in [-0.3, -0.25) is 4.79 Å². The summed E-state index contributed by atoms with van der Waals surface area (Å²) in [5, 5.41) is 0. The van der Waals surface area contributed by atoms with Crippen LogP contribution in [0.15, 0.2) is 25.2 Å². The van der Waals surface area contributed by atoms with E-state index in [9.17, 15) is 4.79 Å². The molecule has 0 aromatic rings. The Bertz CT molecular complexity index is 152. The van der Waals surface area contributed by atoms with Crippen LogP contribution in [0.25, 0.3) is 0 Å². The van der Waals surface area contributed by atoms with Crippen molar-refractivity contribution in [2.75, 3.05) is 5.88 Å². The van der Waals surface area contributed by atoms with E-state index in [2.05, 4.69) is 17.9 Å². The lowest BCUT2D eigenvalue weighted by Gasteiger charge is -1.99. The van der Waals surface area contributed by atoms with E-state index < -0.39 is 0 Å². The summed E-state index contributed by atoms with van der Waals surface area (Å²) in [6, 6.07) is 0. The van der Waals surface area contributed by atoms with E-state index in [-0.39, 0.29) is 18.0 Å². The fourth-order valence-electron chi connectivity index (χ4n) is 0.392. The number of hydrogen-bond donors (Lipinski definition) is 0. The fourth-order valence-corrected chi connectivity index (χ4v) is 0.563.